The van der Waals surface area contributed by atoms with Gasteiger partial charge in [0, 0.05) is 0 Å². The minimum atomic E-state index is 0.0498. The Kier molecular flexibility index (Phi) is 4.53. The maximum atomic E-state index is 5.22. The summed E-state index contributed by atoms with van der Waals surface area (Å²) < 4.78 is 0. The summed E-state index contributed by atoms with van der Waals surface area (Å²) >= 11 is 0. The molecule has 12 heavy (non-hydrogen) atoms. The fourth-order valence-electron chi connectivity index (χ4n) is 0.769. The minimum Gasteiger partial charge on any atom is -0.370 e. The molecule has 0 aromatic heterocycles. The van der Waals surface area contributed by atoms with E-state index in [0.717, 1.165) is 5.57 Å². The van der Waals surface area contributed by atoms with Crippen LogP contribution in [0.2, 0.25) is 0 Å². The molecule has 4 N–H and O–H groups in total. The quantitative estimate of drug-likeness (QED) is 0.376. The van der Waals surface area contributed by atoms with Crippen molar-refractivity contribution in [2.45, 2.75) is 13.8 Å². The molecular weight excluding hydrogens is 150 g/mol. The van der Waals surface area contributed by atoms with Crippen molar-refractivity contribution in [1.29, 1.82) is 0 Å². The molecular formula is C9H15N3. The number of hydrogen-bond acceptors (Lipinski definition) is 1. The number of nitrogens with zero attached hydrogens (tertiary/aromatic N) is 1. The molecule has 0 heterocycles. The molecule has 0 saturated heterocycles. The molecule has 66 valence electrons. The van der Waals surface area contributed by atoms with Gasteiger partial charge >= 0.3 is 0 Å². The summed E-state index contributed by atoms with van der Waals surface area (Å²) in [6, 6.07) is 0. The zero-order chi connectivity index (χ0) is 9.56. The highest BCUT2D eigenvalue weighted by molar-refractivity contribution is 5.77. The van der Waals surface area contributed by atoms with Gasteiger partial charge in [-0.25, -0.2) is 4.99 Å². The molecule has 0 aliphatic carbocycles. The highest BCUT2D eigenvalue weighted by Crippen LogP contribution is 2.07. The average molecular weight is 165 g/mol. The van der Waals surface area contributed by atoms with Crippen molar-refractivity contribution in [2.75, 3.05) is 0 Å². The van der Waals surface area contributed by atoms with Gasteiger partial charge in [0.2, 0.25) is 0 Å². The fourth-order valence-corrected chi connectivity index (χ4v) is 0.769. The third kappa shape index (κ3) is 3.61. The van der Waals surface area contributed by atoms with E-state index < -0.39 is 0 Å². The lowest BCUT2D eigenvalue weighted by molar-refractivity contribution is 1.28. The summed E-state index contributed by atoms with van der Waals surface area (Å²) in [6.45, 7) is 7.46. The molecule has 0 aromatic carbocycles. The van der Waals surface area contributed by atoms with Crippen LogP contribution in [-0.2, 0) is 0 Å². The Hall–Kier alpha value is -1.51. The lowest BCUT2D eigenvalue weighted by atomic mass is 10.2. The highest BCUT2D eigenvalue weighted by Gasteiger charge is 1.92. The van der Waals surface area contributed by atoms with Crippen molar-refractivity contribution in [3.8, 4) is 0 Å². The first-order chi connectivity index (χ1) is 5.61. The average Bonchev–Trinajstić information content (AvgIpc) is 2.00. The predicted molar refractivity (Wildman–Crippen MR) is 53.5 cm³/mol. The number of nitrogens with two attached hydrogens (primary N) is 2. The number of allylic oxidation sites excluding steroid dienone is 4. The van der Waals surface area contributed by atoms with Crippen LogP contribution in [0.4, 0.5) is 0 Å². The van der Waals surface area contributed by atoms with Crippen LogP contribution in [-0.4, -0.2) is 5.96 Å². The zero-order valence-corrected chi connectivity index (χ0v) is 7.54. The van der Waals surface area contributed by atoms with E-state index in [1.807, 2.05) is 26.0 Å². The number of guanidine groups is 1. The predicted octanol–water partition coefficient (Wildman–Crippen LogP) is 1.30. The Morgan fingerprint density at radius 3 is 2.33 bits per heavy atom. The van der Waals surface area contributed by atoms with Gasteiger partial charge in [-0.05, 0) is 25.5 Å². The van der Waals surface area contributed by atoms with E-state index in [1.54, 1.807) is 6.08 Å². The lowest BCUT2D eigenvalue weighted by Crippen LogP contribution is -2.22. The van der Waals surface area contributed by atoms with E-state index in [9.17, 15) is 0 Å². The Balaban J connectivity index is 4.86. The standard InChI is InChI=1S/C9H15N3/c1-4-6-7(3)8(5-2)12-9(10)11/h4-6H,2H2,1,3H3,(H4,10,11,12)/b6-4-,8-7-. The van der Waals surface area contributed by atoms with E-state index in [4.69, 9.17) is 11.5 Å². The van der Waals surface area contributed by atoms with Gasteiger partial charge in [0.15, 0.2) is 5.96 Å². The monoisotopic (exact) mass is 165 g/mol. The summed E-state index contributed by atoms with van der Waals surface area (Å²) in [4.78, 5) is 3.90. The molecule has 0 aliphatic heterocycles. The molecule has 3 nitrogen and oxygen atoms in total. The van der Waals surface area contributed by atoms with E-state index in [-0.39, 0.29) is 5.96 Å². The van der Waals surface area contributed by atoms with E-state index in [1.165, 1.54) is 0 Å². The van der Waals surface area contributed by atoms with Crippen LogP contribution in [0, 0.1) is 0 Å². The number of aliphatic imine (C=N–C) groups is 1. The zero-order valence-electron chi connectivity index (χ0n) is 7.54. The van der Waals surface area contributed by atoms with Crippen molar-refractivity contribution >= 4 is 5.96 Å². The minimum absolute atomic E-state index is 0.0498. The molecule has 0 aromatic rings. The van der Waals surface area contributed by atoms with E-state index >= 15 is 0 Å². The number of rotatable bonds is 3. The largest absolute Gasteiger partial charge is 0.370 e. The summed E-state index contributed by atoms with van der Waals surface area (Å²) in [6.07, 6.45) is 5.46. The smallest absolute Gasteiger partial charge is 0.191 e. The normalized spacial score (nSPS) is 12.5. The Morgan fingerprint density at radius 1 is 1.42 bits per heavy atom. The van der Waals surface area contributed by atoms with Gasteiger partial charge in [0.05, 0.1) is 5.70 Å². The second kappa shape index (κ2) is 5.18. The highest BCUT2D eigenvalue weighted by atomic mass is 15.0. The maximum Gasteiger partial charge on any atom is 0.191 e. The molecule has 0 saturated carbocycles. The Morgan fingerprint density at radius 2 is 2.00 bits per heavy atom. The fraction of sp³-hybridized carbons (Fsp3) is 0.222. The van der Waals surface area contributed by atoms with Gasteiger partial charge in [-0.15, -0.1) is 0 Å². The van der Waals surface area contributed by atoms with Crippen molar-refractivity contribution in [3.63, 3.8) is 0 Å². The van der Waals surface area contributed by atoms with Gasteiger partial charge in [0.25, 0.3) is 0 Å². The van der Waals surface area contributed by atoms with Gasteiger partial charge in [0.1, 0.15) is 0 Å². The molecule has 0 fully saturated rings. The SMILES string of the molecule is C=C/C(N=C(N)N)=C(C)/C=C\C. The van der Waals surface area contributed by atoms with E-state index in [0.29, 0.717) is 5.70 Å². The third-order valence-electron chi connectivity index (χ3n) is 1.26. The summed E-state index contributed by atoms with van der Waals surface area (Å²) in [5, 5.41) is 0. The first-order valence-corrected chi connectivity index (χ1v) is 3.67. The maximum absolute atomic E-state index is 5.22. The van der Waals surface area contributed by atoms with Gasteiger partial charge in [-0.1, -0.05) is 18.7 Å². The molecule has 0 rings (SSSR count). The van der Waals surface area contributed by atoms with Crippen LogP contribution < -0.4 is 11.5 Å². The van der Waals surface area contributed by atoms with Gasteiger partial charge in [-0.3, -0.25) is 0 Å². The van der Waals surface area contributed by atoms with Crippen molar-refractivity contribution in [1.82, 2.24) is 0 Å². The summed E-state index contributed by atoms with van der Waals surface area (Å²) in [5.41, 5.74) is 12.1. The van der Waals surface area contributed by atoms with Gasteiger partial charge < -0.3 is 11.5 Å². The summed E-state index contributed by atoms with van der Waals surface area (Å²) in [5.74, 6) is 0.0498. The number of hydrogen-bond donors (Lipinski definition) is 2. The Bertz CT molecular complexity index is 242. The summed E-state index contributed by atoms with van der Waals surface area (Å²) in [7, 11) is 0. The molecule has 0 atom stereocenters. The second-order valence-corrected chi connectivity index (χ2v) is 2.31. The van der Waals surface area contributed by atoms with Crippen LogP contribution in [0.1, 0.15) is 13.8 Å². The van der Waals surface area contributed by atoms with Crippen molar-refractivity contribution in [2.24, 2.45) is 16.5 Å². The topological polar surface area (TPSA) is 64.4 Å². The first kappa shape index (κ1) is 10.5. The molecule has 0 unspecified atom stereocenters. The molecule has 0 bridgehead atoms. The molecule has 0 radical (unpaired) electrons. The van der Waals surface area contributed by atoms with Crippen LogP contribution in [0.3, 0.4) is 0 Å². The molecule has 0 amide bonds. The van der Waals surface area contributed by atoms with Crippen LogP contribution in [0.25, 0.3) is 0 Å². The van der Waals surface area contributed by atoms with E-state index in [2.05, 4.69) is 11.6 Å². The molecule has 0 spiro atoms. The third-order valence-corrected chi connectivity index (χ3v) is 1.26. The van der Waals surface area contributed by atoms with Crippen molar-refractivity contribution < 1.29 is 0 Å². The van der Waals surface area contributed by atoms with Crippen LogP contribution in [0.15, 0.2) is 41.1 Å². The lowest BCUT2D eigenvalue weighted by Gasteiger charge is -1.98. The van der Waals surface area contributed by atoms with Crippen LogP contribution in [0.5, 0.6) is 0 Å². The molecule has 0 aliphatic rings. The van der Waals surface area contributed by atoms with Gasteiger partial charge in [-0.2, -0.15) is 0 Å². The van der Waals surface area contributed by atoms with Crippen LogP contribution >= 0.6 is 0 Å². The molecule has 3 heteroatoms. The Labute approximate surface area is 73.2 Å². The van der Waals surface area contributed by atoms with Crippen molar-refractivity contribution in [3.05, 3.63) is 36.1 Å². The second-order valence-electron chi connectivity index (χ2n) is 2.31. The first-order valence-electron chi connectivity index (χ1n) is 3.67.